The van der Waals surface area contributed by atoms with Gasteiger partial charge in [-0.2, -0.15) is 0 Å². The Morgan fingerprint density at radius 3 is 2.14 bits per heavy atom. The largest absolute Gasteiger partial charge is 0.497 e. The van der Waals surface area contributed by atoms with Gasteiger partial charge in [0.25, 0.3) is 5.91 Å². The SMILES string of the molecule is COc1ccc([C@@H]2[C@H](OC)C(=O)N2c2ccc(C)cc2)cc1. The number of ether oxygens (including phenoxy) is 2. The molecule has 3 rings (SSSR count). The maximum atomic E-state index is 12.4. The summed E-state index contributed by atoms with van der Waals surface area (Å²) < 4.78 is 10.6. The Bertz CT molecular complexity index is 664. The number of nitrogens with zero attached hydrogens (tertiary/aromatic N) is 1. The maximum Gasteiger partial charge on any atom is 0.259 e. The van der Waals surface area contributed by atoms with Crippen molar-refractivity contribution >= 4 is 11.6 Å². The van der Waals surface area contributed by atoms with Crippen molar-refractivity contribution in [1.29, 1.82) is 0 Å². The summed E-state index contributed by atoms with van der Waals surface area (Å²) in [4.78, 5) is 14.1. The molecule has 2 aromatic carbocycles. The number of methoxy groups -OCH3 is 2. The number of hydrogen-bond acceptors (Lipinski definition) is 3. The van der Waals surface area contributed by atoms with E-state index in [9.17, 15) is 4.79 Å². The van der Waals surface area contributed by atoms with Crippen LogP contribution < -0.4 is 9.64 Å². The highest BCUT2D eigenvalue weighted by atomic mass is 16.5. The number of rotatable bonds is 4. The van der Waals surface area contributed by atoms with Gasteiger partial charge in [0.2, 0.25) is 0 Å². The summed E-state index contributed by atoms with van der Waals surface area (Å²) in [5.41, 5.74) is 3.10. The van der Waals surface area contributed by atoms with Gasteiger partial charge in [-0.1, -0.05) is 29.8 Å². The van der Waals surface area contributed by atoms with E-state index in [0.29, 0.717) is 0 Å². The fraction of sp³-hybridized carbons (Fsp3) is 0.278. The Morgan fingerprint density at radius 2 is 1.59 bits per heavy atom. The smallest absolute Gasteiger partial charge is 0.259 e. The van der Waals surface area contributed by atoms with Crippen molar-refractivity contribution in [2.75, 3.05) is 19.1 Å². The molecule has 4 nitrogen and oxygen atoms in total. The van der Waals surface area contributed by atoms with Crippen LogP contribution in [0.4, 0.5) is 5.69 Å². The van der Waals surface area contributed by atoms with Crippen LogP contribution in [-0.2, 0) is 9.53 Å². The summed E-state index contributed by atoms with van der Waals surface area (Å²) in [5, 5.41) is 0. The van der Waals surface area contributed by atoms with Gasteiger partial charge in [-0.15, -0.1) is 0 Å². The summed E-state index contributed by atoms with van der Waals surface area (Å²) in [6.45, 7) is 2.03. The molecule has 1 fully saturated rings. The van der Waals surface area contributed by atoms with Crippen LogP contribution in [0.25, 0.3) is 0 Å². The zero-order valence-corrected chi connectivity index (χ0v) is 12.9. The first-order valence-electron chi connectivity index (χ1n) is 7.22. The van der Waals surface area contributed by atoms with Gasteiger partial charge < -0.3 is 9.47 Å². The first-order valence-corrected chi connectivity index (χ1v) is 7.22. The number of anilines is 1. The molecule has 1 amide bonds. The van der Waals surface area contributed by atoms with Crippen LogP contribution in [0.2, 0.25) is 0 Å². The van der Waals surface area contributed by atoms with Gasteiger partial charge >= 0.3 is 0 Å². The lowest BCUT2D eigenvalue weighted by Gasteiger charge is -2.46. The molecule has 4 heteroatoms. The molecule has 114 valence electrons. The lowest BCUT2D eigenvalue weighted by molar-refractivity contribution is -0.139. The molecule has 0 aliphatic carbocycles. The fourth-order valence-corrected chi connectivity index (χ4v) is 2.81. The van der Waals surface area contributed by atoms with Crippen molar-refractivity contribution in [2.45, 2.75) is 19.1 Å². The molecule has 1 saturated heterocycles. The topological polar surface area (TPSA) is 38.8 Å². The van der Waals surface area contributed by atoms with E-state index in [-0.39, 0.29) is 11.9 Å². The molecule has 1 heterocycles. The standard InChI is InChI=1S/C18H19NO3/c1-12-4-8-14(9-5-12)19-16(17(22-3)18(19)20)13-6-10-15(21-2)11-7-13/h4-11,16-17H,1-3H3/t16-,17+/m1/s1. The zero-order chi connectivity index (χ0) is 15.7. The molecular formula is C18H19NO3. The quantitative estimate of drug-likeness (QED) is 0.814. The Balaban J connectivity index is 1.94. The van der Waals surface area contributed by atoms with E-state index < -0.39 is 6.10 Å². The third-order valence-corrected chi connectivity index (χ3v) is 4.07. The van der Waals surface area contributed by atoms with E-state index in [1.54, 1.807) is 19.1 Å². The van der Waals surface area contributed by atoms with Crippen LogP contribution in [0.15, 0.2) is 48.5 Å². The molecule has 0 aromatic heterocycles. The number of amides is 1. The van der Waals surface area contributed by atoms with Crippen molar-refractivity contribution in [1.82, 2.24) is 0 Å². The number of carbonyl (C=O) groups is 1. The molecular weight excluding hydrogens is 278 g/mol. The third-order valence-electron chi connectivity index (χ3n) is 4.07. The normalized spacial score (nSPS) is 20.7. The van der Waals surface area contributed by atoms with Gasteiger partial charge in [-0.05, 0) is 36.8 Å². The van der Waals surface area contributed by atoms with E-state index in [2.05, 4.69) is 0 Å². The lowest BCUT2D eigenvalue weighted by Crippen LogP contribution is -2.60. The highest BCUT2D eigenvalue weighted by molar-refractivity contribution is 6.05. The van der Waals surface area contributed by atoms with E-state index in [1.807, 2.05) is 55.5 Å². The van der Waals surface area contributed by atoms with Crippen LogP contribution in [-0.4, -0.2) is 26.2 Å². The van der Waals surface area contributed by atoms with Crippen molar-refractivity contribution in [3.8, 4) is 5.75 Å². The van der Waals surface area contributed by atoms with Gasteiger partial charge in [0, 0.05) is 12.8 Å². The fourth-order valence-electron chi connectivity index (χ4n) is 2.81. The van der Waals surface area contributed by atoms with Gasteiger partial charge in [0.05, 0.1) is 13.2 Å². The van der Waals surface area contributed by atoms with E-state index in [0.717, 1.165) is 17.0 Å². The first-order chi connectivity index (χ1) is 10.7. The Kier molecular flexibility index (Phi) is 3.86. The minimum absolute atomic E-state index is 0.00725. The molecule has 0 radical (unpaired) electrons. The van der Waals surface area contributed by atoms with E-state index >= 15 is 0 Å². The third kappa shape index (κ3) is 2.35. The van der Waals surface area contributed by atoms with E-state index in [1.165, 1.54) is 5.56 Å². The summed E-state index contributed by atoms with van der Waals surface area (Å²) >= 11 is 0. The van der Waals surface area contributed by atoms with Crippen molar-refractivity contribution in [2.24, 2.45) is 0 Å². The monoisotopic (exact) mass is 297 g/mol. The average Bonchev–Trinajstić information content (AvgIpc) is 2.55. The van der Waals surface area contributed by atoms with E-state index in [4.69, 9.17) is 9.47 Å². The zero-order valence-electron chi connectivity index (χ0n) is 12.9. The number of hydrogen-bond donors (Lipinski definition) is 0. The molecule has 0 N–H and O–H groups in total. The minimum Gasteiger partial charge on any atom is -0.497 e. The Labute approximate surface area is 130 Å². The molecule has 0 bridgehead atoms. The van der Waals surface area contributed by atoms with Crippen molar-refractivity contribution in [3.05, 3.63) is 59.7 Å². The maximum absolute atomic E-state index is 12.4. The molecule has 1 aliphatic heterocycles. The second-order valence-corrected chi connectivity index (χ2v) is 5.42. The molecule has 0 unspecified atom stereocenters. The molecule has 2 atom stereocenters. The molecule has 1 aliphatic rings. The minimum atomic E-state index is -0.435. The van der Waals surface area contributed by atoms with Crippen LogP contribution in [0.5, 0.6) is 5.75 Å². The Hall–Kier alpha value is -2.33. The highest BCUT2D eigenvalue weighted by Crippen LogP contribution is 2.40. The molecule has 0 saturated carbocycles. The lowest BCUT2D eigenvalue weighted by atomic mass is 9.89. The summed E-state index contributed by atoms with van der Waals surface area (Å²) in [6, 6.07) is 15.6. The average molecular weight is 297 g/mol. The number of β-lactam (4-membered cyclic amide) rings is 1. The van der Waals surface area contributed by atoms with Crippen LogP contribution in [0, 0.1) is 6.92 Å². The Morgan fingerprint density at radius 1 is 0.955 bits per heavy atom. The van der Waals surface area contributed by atoms with Crippen LogP contribution >= 0.6 is 0 Å². The number of aryl methyl sites for hydroxylation is 1. The predicted molar refractivity (Wildman–Crippen MR) is 85.2 cm³/mol. The second kappa shape index (κ2) is 5.81. The van der Waals surface area contributed by atoms with Gasteiger partial charge in [0.15, 0.2) is 6.10 Å². The molecule has 22 heavy (non-hydrogen) atoms. The summed E-state index contributed by atoms with van der Waals surface area (Å²) in [6.07, 6.45) is -0.435. The molecule has 2 aromatic rings. The molecule has 0 spiro atoms. The number of benzene rings is 2. The summed E-state index contributed by atoms with van der Waals surface area (Å²) in [7, 11) is 3.21. The van der Waals surface area contributed by atoms with Gasteiger partial charge in [-0.25, -0.2) is 0 Å². The van der Waals surface area contributed by atoms with Gasteiger partial charge in [-0.3, -0.25) is 9.69 Å². The second-order valence-electron chi connectivity index (χ2n) is 5.42. The van der Waals surface area contributed by atoms with Crippen LogP contribution in [0.3, 0.4) is 0 Å². The number of carbonyl (C=O) groups excluding carboxylic acids is 1. The summed E-state index contributed by atoms with van der Waals surface area (Å²) in [5.74, 6) is 0.789. The van der Waals surface area contributed by atoms with Crippen molar-refractivity contribution < 1.29 is 14.3 Å². The van der Waals surface area contributed by atoms with Crippen molar-refractivity contribution in [3.63, 3.8) is 0 Å². The predicted octanol–water partition coefficient (Wildman–Crippen LogP) is 3.11. The van der Waals surface area contributed by atoms with Crippen LogP contribution in [0.1, 0.15) is 17.2 Å². The highest BCUT2D eigenvalue weighted by Gasteiger charge is 2.49. The van der Waals surface area contributed by atoms with Gasteiger partial charge in [0.1, 0.15) is 5.75 Å². The first kappa shape index (κ1) is 14.6.